The first kappa shape index (κ1) is 17.0. The number of amides is 1. The Morgan fingerprint density at radius 1 is 1.12 bits per heavy atom. The fourth-order valence-electron chi connectivity index (χ4n) is 3.19. The van der Waals surface area contributed by atoms with E-state index in [4.69, 9.17) is 15.6 Å². The number of ether oxygens (including phenoxy) is 1. The predicted molar refractivity (Wildman–Crippen MR) is 93.3 cm³/mol. The van der Waals surface area contributed by atoms with Gasteiger partial charge in [0.05, 0.1) is 0 Å². The van der Waals surface area contributed by atoms with Gasteiger partial charge in [0.25, 0.3) is 0 Å². The van der Waals surface area contributed by atoms with Crippen molar-refractivity contribution in [3.63, 3.8) is 0 Å². The van der Waals surface area contributed by atoms with Crippen LogP contribution in [0, 0.1) is 0 Å². The summed E-state index contributed by atoms with van der Waals surface area (Å²) in [6, 6.07) is 14.1. The molecule has 3 rings (SSSR count). The van der Waals surface area contributed by atoms with Crippen molar-refractivity contribution in [3.05, 3.63) is 59.7 Å². The minimum absolute atomic E-state index is 0.0725. The average Bonchev–Trinajstić information content (AvgIpc) is 2.91. The molecular weight excluding hydrogens is 320 g/mol. The maximum Gasteiger partial charge on any atom is 0.407 e. The van der Waals surface area contributed by atoms with Crippen molar-refractivity contribution >= 4 is 12.1 Å². The number of carboxylic acid groups (broad SMARTS) is 1. The molecule has 6 heteroatoms. The van der Waals surface area contributed by atoms with Gasteiger partial charge in [-0.05, 0) is 29.2 Å². The van der Waals surface area contributed by atoms with E-state index in [1.807, 2.05) is 48.5 Å². The van der Waals surface area contributed by atoms with Gasteiger partial charge < -0.3 is 20.9 Å². The summed E-state index contributed by atoms with van der Waals surface area (Å²) < 4.78 is 5.30. The molecule has 0 spiro atoms. The molecule has 0 aromatic heterocycles. The van der Waals surface area contributed by atoms with Crippen molar-refractivity contribution in [2.45, 2.75) is 24.9 Å². The fraction of sp³-hybridized carbons (Fsp3) is 0.263. The van der Waals surface area contributed by atoms with Gasteiger partial charge in [0.2, 0.25) is 0 Å². The molecule has 1 amide bonds. The van der Waals surface area contributed by atoms with E-state index in [1.54, 1.807) is 0 Å². The lowest BCUT2D eigenvalue weighted by atomic mass is 9.98. The number of carbonyl (C=O) groups is 2. The number of rotatable bonds is 5. The molecule has 1 aliphatic carbocycles. The van der Waals surface area contributed by atoms with E-state index in [0.717, 1.165) is 22.3 Å². The molecule has 0 bridgehead atoms. The smallest absolute Gasteiger partial charge is 0.407 e. The molecule has 0 aliphatic heterocycles. The number of carbonyl (C=O) groups excluding carboxylic acids is 1. The van der Waals surface area contributed by atoms with Crippen LogP contribution in [0.4, 0.5) is 4.79 Å². The van der Waals surface area contributed by atoms with Crippen LogP contribution in [-0.2, 0) is 9.53 Å². The predicted octanol–water partition coefficient (Wildman–Crippen LogP) is 2.33. The van der Waals surface area contributed by atoms with Gasteiger partial charge in [0, 0.05) is 12.0 Å². The lowest BCUT2D eigenvalue weighted by Gasteiger charge is -2.19. The van der Waals surface area contributed by atoms with Crippen LogP contribution in [0.1, 0.15) is 24.0 Å². The molecule has 0 heterocycles. The lowest BCUT2D eigenvalue weighted by molar-refractivity contribution is -0.139. The largest absolute Gasteiger partial charge is 0.480 e. The van der Waals surface area contributed by atoms with Crippen LogP contribution in [0.2, 0.25) is 0 Å². The lowest BCUT2D eigenvalue weighted by Crippen LogP contribution is -2.51. The number of nitrogens with one attached hydrogen (secondary N) is 1. The molecule has 0 unspecified atom stereocenters. The second kappa shape index (κ2) is 6.94. The Balaban J connectivity index is 1.73. The van der Waals surface area contributed by atoms with E-state index in [1.165, 1.54) is 6.92 Å². The van der Waals surface area contributed by atoms with Crippen LogP contribution in [0.5, 0.6) is 0 Å². The van der Waals surface area contributed by atoms with Crippen molar-refractivity contribution in [1.82, 2.24) is 5.32 Å². The standard InChI is InChI=1S/C19H20N2O4/c1-11(20)17(18(22)23)21-19(24)25-10-16-14-8-4-2-6-12(14)13-7-3-5-9-15(13)16/h2-9,11,16-17H,10,20H2,1H3,(H,21,24)(H,22,23)/t11-,17-/m0/s1. The zero-order chi connectivity index (χ0) is 18.0. The third-order valence-electron chi connectivity index (χ3n) is 4.41. The monoisotopic (exact) mass is 340 g/mol. The van der Waals surface area contributed by atoms with Crippen molar-refractivity contribution in [3.8, 4) is 11.1 Å². The number of nitrogens with two attached hydrogens (primary N) is 1. The zero-order valence-corrected chi connectivity index (χ0v) is 13.8. The number of benzene rings is 2. The number of hydrogen-bond acceptors (Lipinski definition) is 4. The highest BCUT2D eigenvalue weighted by atomic mass is 16.5. The summed E-state index contributed by atoms with van der Waals surface area (Å²) in [5.41, 5.74) is 10.0. The third kappa shape index (κ3) is 3.34. The number of alkyl carbamates (subject to hydrolysis) is 1. The molecule has 2 aromatic carbocycles. The van der Waals surface area contributed by atoms with E-state index in [2.05, 4.69) is 5.32 Å². The van der Waals surface area contributed by atoms with Gasteiger partial charge in [-0.1, -0.05) is 48.5 Å². The average molecular weight is 340 g/mol. The van der Waals surface area contributed by atoms with E-state index >= 15 is 0 Å². The summed E-state index contributed by atoms with van der Waals surface area (Å²) in [4.78, 5) is 23.1. The first-order valence-electron chi connectivity index (χ1n) is 8.09. The summed E-state index contributed by atoms with van der Waals surface area (Å²) in [6.45, 7) is 1.65. The Hall–Kier alpha value is -2.86. The summed E-state index contributed by atoms with van der Waals surface area (Å²) in [6.07, 6.45) is -0.786. The fourth-order valence-corrected chi connectivity index (χ4v) is 3.19. The van der Waals surface area contributed by atoms with E-state index in [0.29, 0.717) is 0 Å². The highest BCUT2D eigenvalue weighted by Crippen LogP contribution is 2.44. The Morgan fingerprint density at radius 3 is 2.12 bits per heavy atom. The number of aliphatic carboxylic acids is 1. The van der Waals surface area contributed by atoms with Gasteiger partial charge in [-0.15, -0.1) is 0 Å². The molecule has 0 fully saturated rings. The first-order valence-corrected chi connectivity index (χ1v) is 8.09. The highest BCUT2D eigenvalue weighted by molar-refractivity contribution is 5.81. The van der Waals surface area contributed by atoms with Crippen LogP contribution in [0.3, 0.4) is 0 Å². The minimum Gasteiger partial charge on any atom is -0.480 e. The van der Waals surface area contributed by atoms with Crippen LogP contribution in [0.25, 0.3) is 11.1 Å². The molecule has 2 atom stereocenters. The van der Waals surface area contributed by atoms with Gasteiger partial charge in [-0.25, -0.2) is 9.59 Å². The molecular formula is C19H20N2O4. The maximum atomic E-state index is 12.0. The van der Waals surface area contributed by atoms with Crippen LogP contribution in [-0.4, -0.2) is 35.9 Å². The Kier molecular flexibility index (Phi) is 4.72. The minimum atomic E-state index is -1.19. The van der Waals surface area contributed by atoms with Gasteiger partial charge in [0.15, 0.2) is 0 Å². The summed E-state index contributed by atoms with van der Waals surface area (Å²) in [5.74, 6) is -1.26. The third-order valence-corrected chi connectivity index (χ3v) is 4.41. The quantitative estimate of drug-likeness (QED) is 0.775. The molecule has 4 N–H and O–H groups in total. The van der Waals surface area contributed by atoms with Crippen LogP contribution >= 0.6 is 0 Å². The van der Waals surface area contributed by atoms with E-state index in [-0.39, 0.29) is 12.5 Å². The molecule has 130 valence electrons. The molecule has 25 heavy (non-hydrogen) atoms. The van der Waals surface area contributed by atoms with Gasteiger partial charge in [-0.3, -0.25) is 0 Å². The highest BCUT2D eigenvalue weighted by Gasteiger charge is 2.30. The number of hydrogen-bond donors (Lipinski definition) is 3. The van der Waals surface area contributed by atoms with Gasteiger partial charge >= 0.3 is 12.1 Å². The van der Waals surface area contributed by atoms with Crippen molar-refractivity contribution in [2.24, 2.45) is 5.73 Å². The van der Waals surface area contributed by atoms with E-state index in [9.17, 15) is 9.59 Å². The first-order chi connectivity index (χ1) is 12.0. The van der Waals surface area contributed by atoms with E-state index < -0.39 is 24.1 Å². The molecule has 0 saturated carbocycles. The van der Waals surface area contributed by atoms with Gasteiger partial charge in [-0.2, -0.15) is 0 Å². The topological polar surface area (TPSA) is 102 Å². The summed E-state index contributed by atoms with van der Waals surface area (Å²) in [7, 11) is 0. The summed E-state index contributed by atoms with van der Waals surface area (Å²) in [5, 5.41) is 11.4. The van der Waals surface area contributed by atoms with Crippen LogP contribution in [0.15, 0.2) is 48.5 Å². The SMILES string of the molecule is C[C@H](N)[C@H](NC(=O)OCC1c2ccccc2-c2ccccc21)C(=O)O. The number of carboxylic acids is 1. The molecule has 2 aromatic rings. The number of fused-ring (bicyclic) bond motifs is 3. The maximum absolute atomic E-state index is 12.0. The van der Waals surface area contributed by atoms with Gasteiger partial charge in [0.1, 0.15) is 12.6 Å². The van der Waals surface area contributed by atoms with Crippen LogP contribution < -0.4 is 11.1 Å². The summed E-state index contributed by atoms with van der Waals surface area (Å²) >= 11 is 0. The second-order valence-electron chi connectivity index (χ2n) is 6.14. The van der Waals surface area contributed by atoms with Crippen molar-refractivity contribution in [1.29, 1.82) is 0 Å². The Bertz CT molecular complexity index is 758. The Morgan fingerprint density at radius 2 is 1.64 bits per heavy atom. The molecule has 0 saturated heterocycles. The molecule has 1 aliphatic rings. The normalized spacial score (nSPS) is 15.0. The van der Waals surface area contributed by atoms with Crippen molar-refractivity contribution < 1.29 is 19.4 Å². The second-order valence-corrected chi connectivity index (χ2v) is 6.14. The molecule has 0 radical (unpaired) electrons. The molecule has 6 nitrogen and oxygen atoms in total. The Labute approximate surface area is 145 Å². The zero-order valence-electron chi connectivity index (χ0n) is 13.8. The van der Waals surface area contributed by atoms with Crippen molar-refractivity contribution in [2.75, 3.05) is 6.61 Å².